The molecule has 0 unspecified atom stereocenters. The molecule has 0 aliphatic heterocycles. The van der Waals surface area contributed by atoms with Gasteiger partial charge in [0.15, 0.2) is 0 Å². The van der Waals surface area contributed by atoms with Gasteiger partial charge in [-0.05, 0) is 43.9 Å². The smallest absolute Gasteiger partial charge is 0.119 e. The van der Waals surface area contributed by atoms with Crippen molar-refractivity contribution in [2.75, 3.05) is 20.3 Å². The van der Waals surface area contributed by atoms with E-state index in [-0.39, 0.29) is 5.41 Å². The average molecular weight is 277 g/mol. The molecule has 1 aromatic carbocycles. The predicted octanol–water partition coefficient (Wildman–Crippen LogP) is 2.77. The first-order chi connectivity index (χ1) is 9.67. The molecule has 0 amide bonds. The minimum absolute atomic E-state index is 0.128. The van der Waals surface area contributed by atoms with Crippen LogP contribution in [0.15, 0.2) is 24.3 Å². The number of hydrogen-bond acceptors (Lipinski definition) is 3. The van der Waals surface area contributed by atoms with E-state index < -0.39 is 0 Å². The monoisotopic (exact) mass is 277 g/mol. The fourth-order valence-corrected chi connectivity index (χ4v) is 3.13. The summed E-state index contributed by atoms with van der Waals surface area (Å²) >= 11 is 0. The van der Waals surface area contributed by atoms with Crippen molar-refractivity contribution in [3.63, 3.8) is 0 Å². The summed E-state index contributed by atoms with van der Waals surface area (Å²) in [6.07, 6.45) is 5.81. The Kier molecular flexibility index (Phi) is 5.44. The number of nitrogens with one attached hydrogen (secondary N) is 1. The second kappa shape index (κ2) is 7.09. The number of rotatable bonds is 7. The molecule has 3 heteroatoms. The van der Waals surface area contributed by atoms with Crippen molar-refractivity contribution < 1.29 is 9.84 Å². The Bertz CT molecular complexity index is 413. The van der Waals surface area contributed by atoms with E-state index in [0.29, 0.717) is 12.6 Å². The predicted molar refractivity (Wildman–Crippen MR) is 82.1 cm³/mol. The summed E-state index contributed by atoms with van der Waals surface area (Å²) in [5.41, 5.74) is 1.41. The van der Waals surface area contributed by atoms with E-state index in [2.05, 4.69) is 24.4 Å². The van der Waals surface area contributed by atoms with Crippen molar-refractivity contribution >= 4 is 0 Å². The van der Waals surface area contributed by atoms with Gasteiger partial charge < -0.3 is 15.2 Å². The fourth-order valence-electron chi connectivity index (χ4n) is 3.13. The minimum Gasteiger partial charge on any atom is -0.497 e. The van der Waals surface area contributed by atoms with Crippen LogP contribution in [0.5, 0.6) is 5.75 Å². The van der Waals surface area contributed by atoms with Gasteiger partial charge in [-0.1, -0.05) is 25.0 Å². The molecule has 0 bridgehead atoms. The van der Waals surface area contributed by atoms with Gasteiger partial charge in [0, 0.05) is 24.6 Å². The maximum atomic E-state index is 9.63. The molecular formula is C17H27NO2. The van der Waals surface area contributed by atoms with Gasteiger partial charge in [-0.15, -0.1) is 0 Å². The number of aliphatic hydroxyl groups excluding tert-OH is 1. The average Bonchev–Trinajstić information content (AvgIpc) is 2.95. The van der Waals surface area contributed by atoms with Crippen molar-refractivity contribution in [2.24, 2.45) is 5.41 Å². The highest BCUT2D eigenvalue weighted by molar-refractivity contribution is 5.28. The normalized spacial score (nSPS) is 18.9. The van der Waals surface area contributed by atoms with Gasteiger partial charge >= 0.3 is 0 Å². The third-order valence-electron chi connectivity index (χ3n) is 4.50. The maximum Gasteiger partial charge on any atom is 0.119 e. The van der Waals surface area contributed by atoms with Crippen molar-refractivity contribution in [1.29, 1.82) is 0 Å². The lowest BCUT2D eigenvalue weighted by atomic mass is 9.87. The molecule has 1 aliphatic carbocycles. The second-order valence-corrected chi connectivity index (χ2v) is 6.20. The Balaban J connectivity index is 1.84. The second-order valence-electron chi connectivity index (χ2n) is 6.20. The largest absolute Gasteiger partial charge is 0.497 e. The standard InChI is InChI=1S/C17H27NO2/c1-14(10-15-6-5-7-16(11-15)20-2)18-12-17(13-19)8-3-4-9-17/h5-7,11,14,18-19H,3-4,8-10,12-13H2,1-2H3/t14-/m0/s1. The first kappa shape index (κ1) is 15.3. The summed E-state index contributed by atoms with van der Waals surface area (Å²) in [4.78, 5) is 0. The highest BCUT2D eigenvalue weighted by Crippen LogP contribution is 2.37. The molecule has 1 atom stereocenters. The summed E-state index contributed by atoms with van der Waals surface area (Å²) in [7, 11) is 1.70. The van der Waals surface area contributed by atoms with E-state index in [1.165, 1.54) is 18.4 Å². The summed E-state index contributed by atoms with van der Waals surface area (Å²) in [5.74, 6) is 0.914. The number of hydrogen-bond donors (Lipinski definition) is 2. The topological polar surface area (TPSA) is 41.5 Å². The van der Waals surface area contributed by atoms with Crippen LogP contribution >= 0.6 is 0 Å². The maximum absolute atomic E-state index is 9.63. The van der Waals surface area contributed by atoms with E-state index in [1.807, 2.05) is 12.1 Å². The molecule has 112 valence electrons. The number of benzene rings is 1. The summed E-state index contributed by atoms with van der Waals surface area (Å²) in [6, 6.07) is 8.65. The van der Waals surface area contributed by atoms with Gasteiger partial charge in [0.2, 0.25) is 0 Å². The van der Waals surface area contributed by atoms with Crippen LogP contribution in [-0.2, 0) is 6.42 Å². The fraction of sp³-hybridized carbons (Fsp3) is 0.647. The summed E-state index contributed by atoms with van der Waals surface area (Å²) < 4.78 is 5.26. The van der Waals surface area contributed by atoms with Crippen LogP contribution in [0.4, 0.5) is 0 Å². The van der Waals surface area contributed by atoms with Crippen LogP contribution in [0, 0.1) is 5.41 Å². The lowest BCUT2D eigenvalue weighted by Gasteiger charge is -2.28. The zero-order valence-corrected chi connectivity index (χ0v) is 12.7. The third-order valence-corrected chi connectivity index (χ3v) is 4.50. The lowest BCUT2D eigenvalue weighted by molar-refractivity contribution is 0.125. The molecule has 0 aromatic heterocycles. The van der Waals surface area contributed by atoms with Crippen LogP contribution in [0.25, 0.3) is 0 Å². The Hall–Kier alpha value is -1.06. The molecule has 1 aromatic rings. The van der Waals surface area contributed by atoms with Crippen LogP contribution in [-0.4, -0.2) is 31.4 Å². The number of methoxy groups -OCH3 is 1. The van der Waals surface area contributed by atoms with Crippen LogP contribution < -0.4 is 10.1 Å². The van der Waals surface area contributed by atoms with Crippen molar-refractivity contribution in [2.45, 2.75) is 45.1 Å². The number of ether oxygens (including phenoxy) is 1. The summed E-state index contributed by atoms with van der Waals surface area (Å²) in [5, 5.41) is 13.2. The molecule has 20 heavy (non-hydrogen) atoms. The molecular weight excluding hydrogens is 250 g/mol. The van der Waals surface area contributed by atoms with Crippen molar-refractivity contribution in [1.82, 2.24) is 5.32 Å². The zero-order valence-electron chi connectivity index (χ0n) is 12.7. The Labute approximate surface area is 122 Å². The van der Waals surface area contributed by atoms with Crippen molar-refractivity contribution in [3.8, 4) is 5.75 Å². The molecule has 3 nitrogen and oxygen atoms in total. The lowest BCUT2D eigenvalue weighted by Crippen LogP contribution is -2.40. The SMILES string of the molecule is COc1cccc(C[C@H](C)NCC2(CO)CCCC2)c1. The van der Waals surface area contributed by atoms with E-state index in [1.54, 1.807) is 7.11 Å². The molecule has 2 N–H and O–H groups in total. The molecule has 1 saturated carbocycles. The first-order valence-electron chi connectivity index (χ1n) is 7.65. The minimum atomic E-state index is 0.128. The Morgan fingerprint density at radius 2 is 2.10 bits per heavy atom. The molecule has 0 saturated heterocycles. The van der Waals surface area contributed by atoms with Crippen LogP contribution in [0.2, 0.25) is 0 Å². The molecule has 2 rings (SSSR count). The number of aliphatic hydroxyl groups is 1. The van der Waals surface area contributed by atoms with Gasteiger partial charge in [-0.25, -0.2) is 0 Å². The summed E-state index contributed by atoms with van der Waals surface area (Å²) in [6.45, 7) is 3.44. The van der Waals surface area contributed by atoms with Crippen LogP contribution in [0.1, 0.15) is 38.2 Å². The highest BCUT2D eigenvalue weighted by atomic mass is 16.5. The molecule has 1 aliphatic rings. The van der Waals surface area contributed by atoms with Gasteiger partial charge in [0.1, 0.15) is 5.75 Å². The molecule has 1 fully saturated rings. The third kappa shape index (κ3) is 3.97. The van der Waals surface area contributed by atoms with Gasteiger partial charge in [-0.2, -0.15) is 0 Å². The zero-order chi connectivity index (χ0) is 14.4. The van der Waals surface area contributed by atoms with E-state index in [9.17, 15) is 5.11 Å². The molecule has 0 heterocycles. The van der Waals surface area contributed by atoms with Gasteiger partial charge in [-0.3, -0.25) is 0 Å². The Morgan fingerprint density at radius 1 is 1.35 bits per heavy atom. The van der Waals surface area contributed by atoms with Gasteiger partial charge in [0.25, 0.3) is 0 Å². The first-order valence-corrected chi connectivity index (χ1v) is 7.65. The molecule has 0 spiro atoms. The highest BCUT2D eigenvalue weighted by Gasteiger charge is 2.33. The van der Waals surface area contributed by atoms with E-state index >= 15 is 0 Å². The Morgan fingerprint density at radius 3 is 2.75 bits per heavy atom. The van der Waals surface area contributed by atoms with E-state index in [4.69, 9.17) is 4.74 Å². The quantitative estimate of drug-likeness (QED) is 0.805. The van der Waals surface area contributed by atoms with Crippen LogP contribution in [0.3, 0.4) is 0 Å². The van der Waals surface area contributed by atoms with E-state index in [0.717, 1.165) is 31.6 Å². The van der Waals surface area contributed by atoms with Gasteiger partial charge in [0.05, 0.1) is 7.11 Å². The molecule has 0 radical (unpaired) electrons. The van der Waals surface area contributed by atoms with Crippen molar-refractivity contribution in [3.05, 3.63) is 29.8 Å².